The zero-order chi connectivity index (χ0) is 23.9. The number of amidine groups is 1. The van der Waals surface area contributed by atoms with Crippen LogP contribution in [0.4, 0.5) is 0 Å². The van der Waals surface area contributed by atoms with Crippen molar-refractivity contribution in [3.8, 4) is 17.2 Å². The van der Waals surface area contributed by atoms with E-state index in [-0.39, 0.29) is 12.5 Å². The Labute approximate surface area is 201 Å². The maximum absolute atomic E-state index is 13.2. The number of carbonyl (C=O) groups excluding carboxylic acids is 1. The number of benzene rings is 2. The minimum atomic E-state index is -0.169. The van der Waals surface area contributed by atoms with Crippen LogP contribution in [0.2, 0.25) is 0 Å². The summed E-state index contributed by atoms with van der Waals surface area (Å²) in [6.07, 6.45) is 4.99. The first-order chi connectivity index (χ1) is 16.6. The van der Waals surface area contributed by atoms with Crippen LogP contribution < -0.4 is 14.2 Å². The summed E-state index contributed by atoms with van der Waals surface area (Å²) in [7, 11) is 4.77. The van der Waals surface area contributed by atoms with E-state index in [4.69, 9.17) is 18.6 Å². The number of nitrogens with zero attached hydrogens (tertiary/aromatic N) is 3. The molecule has 1 aromatic heterocycles. The van der Waals surface area contributed by atoms with Crippen molar-refractivity contribution < 1.29 is 23.4 Å². The molecule has 174 valence electrons. The normalized spacial score (nSPS) is 16.1. The van der Waals surface area contributed by atoms with Crippen molar-refractivity contribution in [2.24, 2.45) is 10.2 Å². The highest BCUT2D eigenvalue weighted by Gasteiger charge is 2.34. The fourth-order valence-corrected chi connectivity index (χ4v) is 4.14. The zero-order valence-electron chi connectivity index (χ0n) is 18.9. The monoisotopic (exact) mass is 477 g/mol. The van der Waals surface area contributed by atoms with Gasteiger partial charge in [0, 0.05) is 0 Å². The van der Waals surface area contributed by atoms with Crippen LogP contribution in [0.5, 0.6) is 17.2 Å². The van der Waals surface area contributed by atoms with Crippen molar-refractivity contribution in [2.75, 3.05) is 21.3 Å². The lowest BCUT2D eigenvalue weighted by atomic mass is 10.2. The average molecular weight is 478 g/mol. The fourth-order valence-electron chi connectivity index (χ4n) is 3.21. The summed E-state index contributed by atoms with van der Waals surface area (Å²) in [5.41, 5.74) is 1.66. The molecule has 2 heterocycles. The molecular formula is C25H23N3O5S. The van der Waals surface area contributed by atoms with Crippen LogP contribution in [-0.4, -0.2) is 43.5 Å². The summed E-state index contributed by atoms with van der Waals surface area (Å²) in [5.74, 6) is 2.45. The fraction of sp³-hybridized carbons (Fsp3) is 0.160. The van der Waals surface area contributed by atoms with Gasteiger partial charge in [0.25, 0.3) is 5.91 Å². The van der Waals surface area contributed by atoms with Gasteiger partial charge in [-0.25, -0.2) is 0 Å². The van der Waals surface area contributed by atoms with Crippen LogP contribution in [-0.2, 0) is 11.3 Å². The largest absolute Gasteiger partial charge is 0.497 e. The zero-order valence-corrected chi connectivity index (χ0v) is 19.7. The number of carbonyl (C=O) groups is 1. The van der Waals surface area contributed by atoms with Gasteiger partial charge in [-0.2, -0.15) is 5.10 Å². The lowest BCUT2D eigenvalue weighted by molar-refractivity contribution is -0.122. The highest BCUT2D eigenvalue weighted by Crippen LogP contribution is 2.34. The first-order valence-electron chi connectivity index (χ1n) is 10.3. The van der Waals surface area contributed by atoms with E-state index in [1.807, 2.05) is 42.5 Å². The van der Waals surface area contributed by atoms with E-state index in [9.17, 15) is 4.79 Å². The molecule has 3 aromatic rings. The molecule has 8 nitrogen and oxygen atoms in total. The number of rotatable bonds is 8. The van der Waals surface area contributed by atoms with Gasteiger partial charge in [-0.15, -0.1) is 5.10 Å². The molecule has 4 rings (SSSR count). The van der Waals surface area contributed by atoms with Gasteiger partial charge in [0.05, 0.1) is 45.3 Å². The molecule has 0 spiro atoms. The summed E-state index contributed by atoms with van der Waals surface area (Å²) in [4.78, 5) is 15.2. The van der Waals surface area contributed by atoms with Gasteiger partial charge >= 0.3 is 0 Å². The second kappa shape index (κ2) is 10.8. The maximum atomic E-state index is 13.2. The van der Waals surface area contributed by atoms with Crippen molar-refractivity contribution >= 4 is 35.1 Å². The molecule has 0 aliphatic carbocycles. The highest BCUT2D eigenvalue weighted by atomic mass is 32.2. The van der Waals surface area contributed by atoms with E-state index in [1.54, 1.807) is 56.9 Å². The predicted octanol–water partition coefficient (Wildman–Crippen LogP) is 4.81. The van der Waals surface area contributed by atoms with Gasteiger partial charge in [0.15, 0.2) is 16.7 Å². The van der Waals surface area contributed by atoms with E-state index >= 15 is 0 Å². The number of thioether (sulfide) groups is 1. The standard InChI is InChI=1S/C25H23N3O5S/c1-30-19-9-6-17(7-10-19)14-23-24(29)28(16-20-5-4-12-33-20)25(34-23)27-26-15-18-8-11-21(31-2)22(13-18)32-3/h4-15H,16H2,1-3H3/b23-14-,26-15-,27-25+. The quantitative estimate of drug-likeness (QED) is 0.263. The van der Waals surface area contributed by atoms with Crippen LogP contribution in [0.3, 0.4) is 0 Å². The van der Waals surface area contributed by atoms with Crippen molar-refractivity contribution in [1.29, 1.82) is 0 Å². The van der Waals surface area contributed by atoms with Gasteiger partial charge in [-0.05, 0) is 71.4 Å². The number of hydrogen-bond donors (Lipinski definition) is 0. The molecule has 1 fully saturated rings. The van der Waals surface area contributed by atoms with Crippen molar-refractivity contribution in [3.63, 3.8) is 0 Å². The third-order valence-electron chi connectivity index (χ3n) is 4.95. The molecule has 2 aromatic carbocycles. The summed E-state index contributed by atoms with van der Waals surface area (Å²) < 4.78 is 21.2. The molecule has 0 bridgehead atoms. The van der Waals surface area contributed by atoms with Crippen LogP contribution in [0.25, 0.3) is 6.08 Å². The molecule has 1 amide bonds. The first kappa shape index (κ1) is 23.2. The minimum Gasteiger partial charge on any atom is -0.497 e. The van der Waals surface area contributed by atoms with Gasteiger partial charge in [0.2, 0.25) is 0 Å². The van der Waals surface area contributed by atoms with Gasteiger partial charge < -0.3 is 18.6 Å². The number of methoxy groups -OCH3 is 3. The molecule has 34 heavy (non-hydrogen) atoms. The molecule has 1 saturated heterocycles. The Bertz CT molecular complexity index is 1230. The molecule has 1 aliphatic heterocycles. The summed E-state index contributed by atoms with van der Waals surface area (Å²) in [6.45, 7) is 0.253. The molecule has 0 radical (unpaired) electrons. The van der Waals surface area contributed by atoms with Crippen molar-refractivity contribution in [2.45, 2.75) is 6.54 Å². The Morgan fingerprint density at radius 3 is 2.41 bits per heavy atom. The summed E-state index contributed by atoms with van der Waals surface area (Å²) in [5, 5.41) is 8.99. The van der Waals surface area contributed by atoms with E-state index in [1.165, 1.54) is 11.8 Å². The summed E-state index contributed by atoms with van der Waals surface area (Å²) in [6, 6.07) is 16.5. The number of ether oxygens (including phenoxy) is 3. The SMILES string of the molecule is COc1ccc(/C=C2\S/C(=N/N=C\c3ccc(OC)c(OC)c3)N(Cc3ccco3)C2=O)cc1. The second-order valence-electron chi connectivity index (χ2n) is 7.10. The Hall–Kier alpha value is -3.98. The van der Waals surface area contributed by atoms with E-state index in [0.29, 0.717) is 27.3 Å². The average Bonchev–Trinajstić information content (AvgIpc) is 3.48. The maximum Gasteiger partial charge on any atom is 0.267 e. The smallest absolute Gasteiger partial charge is 0.267 e. The second-order valence-corrected chi connectivity index (χ2v) is 8.11. The van der Waals surface area contributed by atoms with Gasteiger partial charge in [0.1, 0.15) is 11.5 Å². The minimum absolute atomic E-state index is 0.169. The molecule has 0 saturated carbocycles. The van der Waals surface area contributed by atoms with Crippen LogP contribution >= 0.6 is 11.8 Å². The first-order valence-corrected chi connectivity index (χ1v) is 11.1. The van der Waals surface area contributed by atoms with Crippen LogP contribution in [0.1, 0.15) is 16.9 Å². The van der Waals surface area contributed by atoms with Crippen LogP contribution in [0.15, 0.2) is 80.4 Å². The molecular weight excluding hydrogens is 454 g/mol. The van der Waals surface area contributed by atoms with E-state index in [0.717, 1.165) is 16.9 Å². The summed E-state index contributed by atoms with van der Waals surface area (Å²) >= 11 is 1.26. The third-order valence-corrected chi connectivity index (χ3v) is 5.95. The van der Waals surface area contributed by atoms with Gasteiger partial charge in [-0.3, -0.25) is 9.69 Å². The highest BCUT2D eigenvalue weighted by molar-refractivity contribution is 8.18. The Balaban J connectivity index is 1.60. The number of hydrogen-bond acceptors (Lipinski definition) is 8. The van der Waals surface area contributed by atoms with Gasteiger partial charge in [-0.1, -0.05) is 12.1 Å². The van der Waals surface area contributed by atoms with E-state index < -0.39 is 0 Å². The molecule has 1 aliphatic rings. The lowest BCUT2D eigenvalue weighted by Crippen LogP contribution is -2.28. The third kappa shape index (κ3) is 5.32. The number of furan rings is 1. The van der Waals surface area contributed by atoms with Crippen molar-refractivity contribution in [3.05, 3.63) is 82.7 Å². The Morgan fingerprint density at radius 1 is 0.971 bits per heavy atom. The van der Waals surface area contributed by atoms with E-state index in [2.05, 4.69) is 10.2 Å². The molecule has 0 unspecified atom stereocenters. The van der Waals surface area contributed by atoms with Crippen LogP contribution in [0, 0.1) is 0 Å². The Kier molecular flexibility index (Phi) is 7.34. The predicted molar refractivity (Wildman–Crippen MR) is 132 cm³/mol. The van der Waals surface area contributed by atoms with Crippen molar-refractivity contribution in [1.82, 2.24) is 4.90 Å². The lowest BCUT2D eigenvalue weighted by Gasteiger charge is -2.12. The molecule has 9 heteroatoms. The number of amides is 1. The molecule has 0 atom stereocenters. The Morgan fingerprint density at radius 2 is 1.74 bits per heavy atom. The topological polar surface area (TPSA) is 85.9 Å². The molecule has 0 N–H and O–H groups in total.